The lowest BCUT2D eigenvalue weighted by atomic mass is 9.56. The Labute approximate surface area is 370 Å². The van der Waals surface area contributed by atoms with Gasteiger partial charge in [0, 0.05) is 25.7 Å². The summed E-state index contributed by atoms with van der Waals surface area (Å²) in [6.07, 6.45) is 23.8. The Morgan fingerprint density at radius 1 is 0.317 bits per heavy atom. The molecule has 0 rings (SSSR count). The van der Waals surface area contributed by atoms with Gasteiger partial charge >= 0.3 is 0 Å². The van der Waals surface area contributed by atoms with Crippen LogP contribution in [0.3, 0.4) is 0 Å². The number of carbonyl (C=O) groups excluding carboxylic acids is 1. The Bertz CT molecular complexity index is 1620. The molecule has 0 unspecified atom stereocenters. The molecule has 5 nitrogen and oxygen atoms in total. The molecule has 0 aromatic rings. The van der Waals surface area contributed by atoms with Crippen molar-refractivity contribution in [3.63, 3.8) is 0 Å². The second-order valence-electron chi connectivity index (χ2n) is 19.2. The largest absolute Gasteiger partial charge is 0.367 e. The minimum absolute atomic E-state index is 0.0577. The fourth-order valence-corrected chi connectivity index (χ4v) is 7.04. The van der Waals surface area contributed by atoms with Gasteiger partial charge in [0.1, 0.15) is 16.8 Å². The molecule has 340 valence electrons. The highest BCUT2D eigenvalue weighted by atomic mass is 16.6. The number of allylic oxidation sites excluding steroid dienone is 11. The lowest BCUT2D eigenvalue weighted by molar-refractivity contribution is -0.328. The Kier molecular flexibility index (Phi) is 26.3. The van der Waals surface area contributed by atoms with Gasteiger partial charge in [0.15, 0.2) is 11.4 Å². The normalized spacial score (nSPS) is 14.1. The maximum absolute atomic E-state index is 16.1. The predicted octanol–water partition coefficient (Wildman–Crippen LogP) is 15.6. The van der Waals surface area contributed by atoms with E-state index in [1.165, 1.54) is 11.1 Å². The third-order valence-corrected chi connectivity index (χ3v) is 10.6. The van der Waals surface area contributed by atoms with Gasteiger partial charge in [-0.2, -0.15) is 0 Å². The van der Waals surface area contributed by atoms with Crippen LogP contribution in [0, 0.1) is 0 Å². The number of hydrogen-bond donors (Lipinski definition) is 0. The highest BCUT2D eigenvalue weighted by molar-refractivity contribution is 5.91. The van der Waals surface area contributed by atoms with Crippen LogP contribution in [0.4, 0.5) is 0 Å². The van der Waals surface area contributed by atoms with Gasteiger partial charge in [-0.05, 0) is 151 Å². The first-order chi connectivity index (χ1) is 27.8. The summed E-state index contributed by atoms with van der Waals surface area (Å²) in [5.41, 5.74) is 5.69. The molecule has 0 aromatic carbocycles. The minimum atomic E-state index is -1.58. The summed E-state index contributed by atoms with van der Waals surface area (Å²) in [6.45, 7) is 43.0. The molecule has 0 aliphatic carbocycles. The number of carbonyl (C=O) groups is 1. The van der Waals surface area contributed by atoms with Gasteiger partial charge in [-0.25, -0.2) is 0 Å². The summed E-state index contributed by atoms with van der Waals surface area (Å²) in [5, 5.41) is 0. The third-order valence-electron chi connectivity index (χ3n) is 10.6. The van der Waals surface area contributed by atoms with Gasteiger partial charge in [0.2, 0.25) is 0 Å². The van der Waals surface area contributed by atoms with E-state index in [-0.39, 0.29) is 38.4 Å². The van der Waals surface area contributed by atoms with Crippen molar-refractivity contribution in [1.82, 2.24) is 0 Å². The highest BCUT2D eigenvalue weighted by Gasteiger charge is 2.73. The van der Waals surface area contributed by atoms with Crippen molar-refractivity contribution >= 4 is 5.78 Å². The van der Waals surface area contributed by atoms with Crippen LogP contribution in [0.1, 0.15) is 177 Å². The Morgan fingerprint density at radius 2 is 0.600 bits per heavy atom. The molecule has 0 aliphatic heterocycles. The molecule has 0 aromatic heterocycles. The average Bonchev–Trinajstić information content (AvgIpc) is 3.12. The predicted molar refractivity (Wildman–Crippen MR) is 262 cm³/mol. The van der Waals surface area contributed by atoms with Crippen molar-refractivity contribution in [1.29, 1.82) is 0 Å². The number of ether oxygens (including phenoxy) is 4. The zero-order valence-electron chi connectivity index (χ0n) is 42.4. The number of ketones is 1. The van der Waals surface area contributed by atoms with Gasteiger partial charge in [0.05, 0.1) is 26.4 Å². The van der Waals surface area contributed by atoms with E-state index in [1.54, 1.807) is 0 Å². The first-order valence-corrected chi connectivity index (χ1v) is 22.3. The van der Waals surface area contributed by atoms with E-state index in [4.69, 9.17) is 18.9 Å². The number of rotatable bonds is 28. The van der Waals surface area contributed by atoms with Gasteiger partial charge < -0.3 is 18.9 Å². The van der Waals surface area contributed by atoms with Crippen molar-refractivity contribution in [3.8, 4) is 0 Å². The van der Waals surface area contributed by atoms with E-state index >= 15 is 4.79 Å². The Morgan fingerprint density at radius 3 is 0.967 bits per heavy atom. The summed E-state index contributed by atoms with van der Waals surface area (Å²) in [6, 6.07) is 0. The van der Waals surface area contributed by atoms with Gasteiger partial charge in [-0.1, -0.05) is 116 Å². The fourth-order valence-electron chi connectivity index (χ4n) is 7.04. The van der Waals surface area contributed by atoms with Crippen LogP contribution in [0.5, 0.6) is 0 Å². The van der Waals surface area contributed by atoms with Crippen LogP contribution in [0.15, 0.2) is 116 Å². The number of Topliss-reactive ketones (excluding diaryl/α,β-unsaturated/α-hetero) is 1. The zero-order valence-corrected chi connectivity index (χ0v) is 42.4. The zero-order chi connectivity index (χ0) is 46.3. The molecule has 0 saturated heterocycles. The van der Waals surface area contributed by atoms with Gasteiger partial charge in [-0.15, -0.1) is 0 Å². The maximum atomic E-state index is 16.1. The SMILES string of the molecule is CC(C)=CCOC(CC=C(C)C)(CC=C(C)C)[C@@](CC=C(C)C)(OCC=C(C)C)[C@@](CC=C(C)C)(OCC=C(C)C)[C@](CC=C(C)C)(OCC=C(C)C)C(=O)CC=C(C)C. The molecule has 0 spiro atoms. The lowest BCUT2D eigenvalue weighted by Crippen LogP contribution is -2.79. The minimum Gasteiger partial charge on any atom is -0.367 e. The summed E-state index contributed by atoms with van der Waals surface area (Å²) in [7, 11) is 0. The molecule has 0 amide bonds. The van der Waals surface area contributed by atoms with Gasteiger partial charge in [-0.3, -0.25) is 4.79 Å². The molecule has 0 aliphatic rings. The van der Waals surface area contributed by atoms with Crippen molar-refractivity contribution in [2.75, 3.05) is 26.4 Å². The highest BCUT2D eigenvalue weighted by Crippen LogP contribution is 2.57. The average molecular weight is 831 g/mol. The molecular weight excluding hydrogens is 741 g/mol. The van der Waals surface area contributed by atoms with Crippen LogP contribution in [-0.2, 0) is 23.7 Å². The molecular formula is C55H90O5. The first kappa shape index (κ1) is 56.9. The van der Waals surface area contributed by atoms with Crippen molar-refractivity contribution in [2.24, 2.45) is 0 Å². The lowest BCUT2D eigenvalue weighted by Gasteiger charge is -2.63. The molecule has 0 radical (unpaired) electrons. The maximum Gasteiger partial charge on any atom is 0.171 e. The van der Waals surface area contributed by atoms with Gasteiger partial charge in [0.25, 0.3) is 0 Å². The number of hydrogen-bond acceptors (Lipinski definition) is 5. The summed E-state index contributed by atoms with van der Waals surface area (Å²) >= 11 is 0. The molecule has 0 bridgehead atoms. The molecule has 60 heavy (non-hydrogen) atoms. The van der Waals surface area contributed by atoms with E-state index in [2.05, 4.69) is 179 Å². The molecule has 0 N–H and O–H groups in total. The second-order valence-corrected chi connectivity index (χ2v) is 19.2. The first-order valence-electron chi connectivity index (χ1n) is 22.3. The van der Waals surface area contributed by atoms with Crippen molar-refractivity contribution in [2.45, 2.75) is 199 Å². The monoisotopic (exact) mass is 831 g/mol. The molecule has 3 atom stereocenters. The summed E-state index contributed by atoms with van der Waals surface area (Å²) in [5.74, 6) is -0.0577. The molecule has 0 saturated carbocycles. The van der Waals surface area contributed by atoms with Crippen molar-refractivity contribution in [3.05, 3.63) is 116 Å². The molecule has 0 heterocycles. The molecule has 0 fully saturated rings. The topological polar surface area (TPSA) is 54.0 Å². The van der Waals surface area contributed by atoms with Crippen LogP contribution in [0.2, 0.25) is 0 Å². The van der Waals surface area contributed by atoms with E-state index in [0.717, 1.165) is 44.6 Å². The second kappa shape index (κ2) is 27.8. The smallest absolute Gasteiger partial charge is 0.171 e. The Balaban J connectivity index is 10.4. The van der Waals surface area contributed by atoms with E-state index < -0.39 is 22.4 Å². The molecule has 5 heteroatoms. The summed E-state index contributed by atoms with van der Waals surface area (Å²) in [4.78, 5) is 16.1. The van der Waals surface area contributed by atoms with E-state index in [0.29, 0.717) is 32.3 Å². The van der Waals surface area contributed by atoms with Crippen LogP contribution in [-0.4, -0.2) is 54.6 Å². The fraction of sp³-hybridized carbons (Fsp3) is 0.618. The quantitative estimate of drug-likeness (QED) is 0.0735. The summed E-state index contributed by atoms with van der Waals surface area (Å²) < 4.78 is 30.8. The van der Waals surface area contributed by atoms with E-state index in [9.17, 15) is 0 Å². The Hall–Kier alpha value is -3.09. The standard InChI is InChI=1S/C55H90O5/c1-41(2)21-22-51(56)53(34-25-44(7)8,58-38-29-48(15)16)55(36-27-46(11)12,60-40-31-50(19)20)54(35-26-45(9)10,59-39-30-49(17)18)52(32-23-42(3)4,33-24-43(5)6)57-37-28-47(13)14/h21,23-31H,22,32-40H2,1-20H3/t53-,54-,55+/m1/s1. The third kappa shape index (κ3) is 18.5. The van der Waals surface area contributed by atoms with E-state index in [1.807, 2.05) is 19.9 Å². The van der Waals surface area contributed by atoms with Crippen LogP contribution >= 0.6 is 0 Å². The van der Waals surface area contributed by atoms with Crippen molar-refractivity contribution < 1.29 is 23.7 Å². The van der Waals surface area contributed by atoms with Crippen LogP contribution in [0.25, 0.3) is 0 Å². The van der Waals surface area contributed by atoms with Crippen LogP contribution < -0.4 is 0 Å².